The number of sulfonamides is 1. The van der Waals surface area contributed by atoms with Crippen LogP contribution < -0.4 is 15.8 Å². The molecule has 0 radical (unpaired) electrons. The molecule has 7 heteroatoms. The summed E-state index contributed by atoms with van der Waals surface area (Å²) in [7, 11) is -3.69. The van der Waals surface area contributed by atoms with E-state index in [9.17, 15) is 13.2 Å². The van der Waals surface area contributed by atoms with E-state index < -0.39 is 16.1 Å². The number of carbonyl (C=O) groups is 1. The summed E-state index contributed by atoms with van der Waals surface area (Å²) in [5, 5.41) is 2.72. The Morgan fingerprint density at radius 2 is 1.60 bits per heavy atom. The van der Waals surface area contributed by atoms with Crippen LogP contribution in [-0.2, 0) is 14.8 Å². The Kier molecular flexibility index (Phi) is 5.49. The quantitative estimate of drug-likeness (QED) is 0.762. The Morgan fingerprint density at radius 1 is 1.00 bits per heavy atom. The molecule has 0 heterocycles. The van der Waals surface area contributed by atoms with Crippen LogP contribution in [0.3, 0.4) is 0 Å². The summed E-state index contributed by atoms with van der Waals surface area (Å²) in [5.74, 6) is -0.324. The second-order valence-corrected chi connectivity index (χ2v) is 8.51. The highest BCUT2D eigenvalue weighted by Gasteiger charge is 2.27. The maximum absolute atomic E-state index is 12.4. The summed E-state index contributed by atoms with van der Waals surface area (Å²) in [4.78, 5) is 12.4. The highest BCUT2D eigenvalue weighted by molar-refractivity contribution is 7.92. The van der Waals surface area contributed by atoms with E-state index in [1.54, 1.807) is 42.5 Å². The van der Waals surface area contributed by atoms with Crippen LogP contribution in [0.4, 0.5) is 11.4 Å². The molecule has 2 aromatic rings. The number of hydrogen-bond acceptors (Lipinski definition) is 4. The zero-order valence-electron chi connectivity index (χ0n) is 14.5. The fourth-order valence-corrected chi connectivity index (χ4v) is 3.16. The van der Waals surface area contributed by atoms with Crippen LogP contribution in [0.15, 0.2) is 59.5 Å². The van der Waals surface area contributed by atoms with E-state index >= 15 is 0 Å². The van der Waals surface area contributed by atoms with Crippen LogP contribution in [0.1, 0.15) is 20.8 Å². The number of carbonyl (C=O) groups excluding carboxylic acids is 1. The molecule has 0 aliphatic carbocycles. The molecule has 0 aromatic heterocycles. The molecule has 0 unspecified atom stereocenters. The number of benzene rings is 2. The van der Waals surface area contributed by atoms with E-state index in [1.807, 2.05) is 20.8 Å². The van der Waals surface area contributed by atoms with Crippen LogP contribution in [-0.4, -0.2) is 20.4 Å². The monoisotopic (exact) mass is 361 g/mol. The van der Waals surface area contributed by atoms with Gasteiger partial charge in [0.2, 0.25) is 5.91 Å². The molecule has 0 saturated heterocycles. The molecular formula is C18H23N3O3S. The zero-order chi connectivity index (χ0) is 18.7. The van der Waals surface area contributed by atoms with Crippen molar-refractivity contribution in [3.05, 3.63) is 54.6 Å². The minimum absolute atomic E-state index is 0.166. The van der Waals surface area contributed by atoms with Crippen molar-refractivity contribution in [1.82, 2.24) is 0 Å². The second-order valence-electron chi connectivity index (χ2n) is 6.83. The van der Waals surface area contributed by atoms with E-state index in [0.717, 1.165) is 0 Å². The molecule has 6 nitrogen and oxygen atoms in total. The van der Waals surface area contributed by atoms with Crippen molar-refractivity contribution in [3.8, 4) is 0 Å². The smallest absolute Gasteiger partial charge is 0.261 e. The molecule has 0 saturated carbocycles. The molecular weight excluding hydrogens is 338 g/mol. The molecule has 0 aliphatic heterocycles. The van der Waals surface area contributed by atoms with Gasteiger partial charge in [0.1, 0.15) is 0 Å². The highest BCUT2D eigenvalue weighted by Crippen LogP contribution is 2.22. The average Bonchev–Trinajstić information content (AvgIpc) is 2.54. The second kappa shape index (κ2) is 7.25. The first kappa shape index (κ1) is 19.0. The van der Waals surface area contributed by atoms with Gasteiger partial charge in [0.05, 0.1) is 16.6 Å². The van der Waals surface area contributed by atoms with Crippen LogP contribution in [0.25, 0.3) is 0 Å². The van der Waals surface area contributed by atoms with Crippen molar-refractivity contribution in [2.24, 2.45) is 11.1 Å². The van der Waals surface area contributed by atoms with Crippen molar-refractivity contribution in [3.63, 3.8) is 0 Å². The third kappa shape index (κ3) is 5.04. The highest BCUT2D eigenvalue weighted by atomic mass is 32.2. The largest absolute Gasteiger partial charge is 0.325 e. The summed E-state index contributed by atoms with van der Waals surface area (Å²) in [6.45, 7) is 5.63. The summed E-state index contributed by atoms with van der Waals surface area (Å²) in [5.41, 5.74) is 6.38. The maximum Gasteiger partial charge on any atom is 0.261 e. The number of nitrogens with two attached hydrogens (primary N) is 1. The average molecular weight is 361 g/mol. The van der Waals surface area contributed by atoms with Crippen LogP contribution in [0.5, 0.6) is 0 Å². The van der Waals surface area contributed by atoms with Gasteiger partial charge in [-0.15, -0.1) is 0 Å². The minimum Gasteiger partial charge on any atom is -0.325 e. The van der Waals surface area contributed by atoms with Crippen molar-refractivity contribution >= 4 is 27.3 Å². The fraction of sp³-hybridized carbons (Fsp3) is 0.278. The first-order chi connectivity index (χ1) is 11.6. The molecule has 0 aliphatic rings. The summed E-state index contributed by atoms with van der Waals surface area (Å²) in [6.07, 6.45) is 0. The standard InChI is InChI=1S/C18H23N3O3S/c1-18(2,3)16(19)17(22)20-13-8-7-9-14(12-13)21-25(23,24)15-10-5-4-6-11-15/h4-12,16,21H,19H2,1-3H3,(H,20,22)/t16-/m1/s1. The molecule has 2 rings (SSSR count). The SMILES string of the molecule is CC(C)(C)[C@H](N)C(=O)Nc1cccc(NS(=O)(=O)c2ccccc2)c1. The van der Waals surface area contributed by atoms with Gasteiger partial charge in [-0.2, -0.15) is 0 Å². The van der Waals surface area contributed by atoms with E-state index in [-0.39, 0.29) is 16.2 Å². The molecule has 0 bridgehead atoms. The van der Waals surface area contributed by atoms with Gasteiger partial charge in [0.15, 0.2) is 0 Å². The Bertz CT molecular complexity index is 843. The summed E-state index contributed by atoms with van der Waals surface area (Å²) >= 11 is 0. The topological polar surface area (TPSA) is 101 Å². The molecule has 0 fully saturated rings. The molecule has 0 spiro atoms. The summed E-state index contributed by atoms with van der Waals surface area (Å²) in [6, 6.07) is 13.9. The summed E-state index contributed by atoms with van der Waals surface area (Å²) < 4.78 is 27.2. The first-order valence-corrected chi connectivity index (χ1v) is 9.32. The lowest BCUT2D eigenvalue weighted by Crippen LogP contribution is -2.45. The first-order valence-electron chi connectivity index (χ1n) is 7.84. The number of hydrogen-bond donors (Lipinski definition) is 3. The number of nitrogens with one attached hydrogen (secondary N) is 2. The van der Waals surface area contributed by atoms with Crippen molar-refractivity contribution in [2.75, 3.05) is 10.0 Å². The van der Waals surface area contributed by atoms with Gasteiger partial charge >= 0.3 is 0 Å². The minimum atomic E-state index is -3.69. The zero-order valence-corrected chi connectivity index (χ0v) is 15.3. The van der Waals surface area contributed by atoms with Crippen LogP contribution in [0, 0.1) is 5.41 Å². The van der Waals surface area contributed by atoms with E-state index in [1.165, 1.54) is 12.1 Å². The maximum atomic E-state index is 12.4. The lowest BCUT2D eigenvalue weighted by molar-refractivity contribution is -0.119. The molecule has 25 heavy (non-hydrogen) atoms. The fourth-order valence-electron chi connectivity index (χ4n) is 2.09. The number of amides is 1. The van der Waals surface area contributed by atoms with Crippen molar-refractivity contribution in [2.45, 2.75) is 31.7 Å². The number of rotatable bonds is 5. The van der Waals surface area contributed by atoms with Crippen LogP contribution >= 0.6 is 0 Å². The van der Waals surface area contributed by atoms with Crippen molar-refractivity contribution < 1.29 is 13.2 Å². The molecule has 1 atom stereocenters. The molecule has 134 valence electrons. The van der Waals surface area contributed by atoms with E-state index in [0.29, 0.717) is 11.4 Å². The van der Waals surface area contributed by atoms with Crippen molar-refractivity contribution in [1.29, 1.82) is 0 Å². The Balaban J connectivity index is 2.16. The Labute approximate surface area is 148 Å². The molecule has 2 aromatic carbocycles. The normalized spacial score (nSPS) is 13.1. The third-order valence-electron chi connectivity index (χ3n) is 3.65. The van der Waals surface area contributed by atoms with Crippen LogP contribution in [0.2, 0.25) is 0 Å². The van der Waals surface area contributed by atoms with Gasteiger partial charge in [-0.25, -0.2) is 8.42 Å². The Morgan fingerprint density at radius 3 is 2.20 bits per heavy atom. The van der Waals surface area contributed by atoms with Gasteiger partial charge in [0.25, 0.3) is 10.0 Å². The van der Waals surface area contributed by atoms with Gasteiger partial charge in [0, 0.05) is 5.69 Å². The predicted molar refractivity (Wildman–Crippen MR) is 99.8 cm³/mol. The predicted octanol–water partition coefficient (Wildman–Crippen LogP) is 2.80. The van der Waals surface area contributed by atoms with Gasteiger partial charge in [-0.1, -0.05) is 45.0 Å². The van der Waals surface area contributed by atoms with Gasteiger partial charge in [-0.05, 0) is 35.7 Å². The molecule has 4 N–H and O–H groups in total. The molecule has 1 amide bonds. The Hall–Kier alpha value is -2.38. The third-order valence-corrected chi connectivity index (χ3v) is 5.05. The van der Waals surface area contributed by atoms with Gasteiger partial charge in [-0.3, -0.25) is 9.52 Å². The lowest BCUT2D eigenvalue weighted by atomic mass is 9.87. The van der Waals surface area contributed by atoms with E-state index in [4.69, 9.17) is 5.73 Å². The number of anilines is 2. The lowest BCUT2D eigenvalue weighted by Gasteiger charge is -2.25. The van der Waals surface area contributed by atoms with Gasteiger partial charge < -0.3 is 11.1 Å². The van der Waals surface area contributed by atoms with E-state index in [2.05, 4.69) is 10.0 Å².